The summed E-state index contributed by atoms with van der Waals surface area (Å²) in [6.07, 6.45) is 10.5. The standard InChI is InChI=1S/C15H23N5O/c1-3-6-13(15-16-9-12-19(15)2)18-14(21)7-4-10-20-11-5-8-17-20/h5,8-9,11-13H,3-4,6-7,10H2,1-2H3,(H,18,21)/t13-/m0/s1. The van der Waals surface area contributed by atoms with Gasteiger partial charge in [-0.15, -0.1) is 0 Å². The van der Waals surface area contributed by atoms with E-state index in [-0.39, 0.29) is 11.9 Å². The summed E-state index contributed by atoms with van der Waals surface area (Å²) in [5, 5.41) is 7.22. The number of carbonyl (C=O) groups is 1. The third-order valence-corrected chi connectivity index (χ3v) is 3.43. The minimum absolute atomic E-state index is 0.00722. The molecule has 2 heterocycles. The van der Waals surface area contributed by atoms with Crippen LogP contribution in [0.15, 0.2) is 30.9 Å². The number of amides is 1. The molecule has 114 valence electrons. The first kappa shape index (κ1) is 15.3. The number of nitrogens with one attached hydrogen (secondary N) is 1. The number of imidazole rings is 1. The van der Waals surface area contributed by atoms with Gasteiger partial charge in [0.15, 0.2) is 0 Å². The summed E-state index contributed by atoms with van der Waals surface area (Å²) in [6.45, 7) is 2.88. The molecule has 0 saturated carbocycles. The lowest BCUT2D eigenvalue weighted by molar-refractivity contribution is -0.122. The van der Waals surface area contributed by atoms with Gasteiger partial charge in [0, 0.05) is 44.8 Å². The van der Waals surface area contributed by atoms with Crippen molar-refractivity contribution in [3.8, 4) is 0 Å². The molecule has 1 amide bonds. The molecule has 0 aliphatic heterocycles. The van der Waals surface area contributed by atoms with Crippen molar-refractivity contribution in [2.24, 2.45) is 7.05 Å². The Morgan fingerprint density at radius 2 is 2.24 bits per heavy atom. The normalized spacial score (nSPS) is 12.3. The Bertz CT molecular complexity index is 546. The van der Waals surface area contributed by atoms with Gasteiger partial charge in [0.1, 0.15) is 5.82 Å². The van der Waals surface area contributed by atoms with Crippen molar-refractivity contribution in [3.63, 3.8) is 0 Å². The van der Waals surface area contributed by atoms with Crippen LogP contribution in [-0.2, 0) is 18.4 Å². The predicted molar refractivity (Wildman–Crippen MR) is 80.5 cm³/mol. The predicted octanol–water partition coefficient (Wildman–Crippen LogP) is 2.05. The molecule has 0 fully saturated rings. The molecule has 0 spiro atoms. The molecule has 1 atom stereocenters. The molecule has 0 saturated heterocycles. The highest BCUT2D eigenvalue weighted by Crippen LogP contribution is 2.16. The summed E-state index contributed by atoms with van der Waals surface area (Å²) in [6, 6.07) is 1.88. The molecule has 1 N–H and O–H groups in total. The van der Waals surface area contributed by atoms with Gasteiger partial charge in [0.25, 0.3) is 0 Å². The Balaban J connectivity index is 1.82. The molecule has 0 unspecified atom stereocenters. The van der Waals surface area contributed by atoms with Gasteiger partial charge in [-0.2, -0.15) is 5.10 Å². The number of aromatic nitrogens is 4. The van der Waals surface area contributed by atoms with Crippen LogP contribution in [0.1, 0.15) is 44.5 Å². The number of hydrogen-bond donors (Lipinski definition) is 1. The van der Waals surface area contributed by atoms with Gasteiger partial charge in [0.2, 0.25) is 5.91 Å². The Morgan fingerprint density at radius 3 is 2.86 bits per heavy atom. The second-order valence-electron chi connectivity index (χ2n) is 5.18. The molecule has 2 aromatic heterocycles. The summed E-state index contributed by atoms with van der Waals surface area (Å²) in [5.74, 6) is 0.987. The van der Waals surface area contributed by atoms with Crippen LogP contribution in [0.4, 0.5) is 0 Å². The first-order chi connectivity index (χ1) is 10.2. The molecule has 0 aliphatic carbocycles. The summed E-state index contributed by atoms with van der Waals surface area (Å²) in [7, 11) is 1.95. The average Bonchev–Trinajstić information content (AvgIpc) is 3.10. The minimum atomic E-state index is -0.00722. The van der Waals surface area contributed by atoms with Gasteiger partial charge in [-0.3, -0.25) is 9.48 Å². The van der Waals surface area contributed by atoms with E-state index >= 15 is 0 Å². The molecule has 0 bridgehead atoms. The van der Waals surface area contributed by atoms with E-state index in [9.17, 15) is 4.79 Å². The van der Waals surface area contributed by atoms with E-state index in [0.717, 1.165) is 31.6 Å². The lowest BCUT2D eigenvalue weighted by atomic mass is 10.1. The van der Waals surface area contributed by atoms with Crippen molar-refractivity contribution in [1.82, 2.24) is 24.6 Å². The largest absolute Gasteiger partial charge is 0.346 e. The fraction of sp³-hybridized carbons (Fsp3) is 0.533. The minimum Gasteiger partial charge on any atom is -0.346 e. The van der Waals surface area contributed by atoms with E-state index in [0.29, 0.717) is 6.42 Å². The summed E-state index contributed by atoms with van der Waals surface area (Å²) in [4.78, 5) is 16.4. The Labute approximate surface area is 125 Å². The fourth-order valence-electron chi connectivity index (χ4n) is 2.37. The third-order valence-electron chi connectivity index (χ3n) is 3.43. The highest BCUT2D eigenvalue weighted by molar-refractivity contribution is 5.76. The van der Waals surface area contributed by atoms with Gasteiger partial charge in [-0.25, -0.2) is 4.98 Å². The van der Waals surface area contributed by atoms with Crippen molar-refractivity contribution in [3.05, 3.63) is 36.7 Å². The molecule has 6 nitrogen and oxygen atoms in total. The van der Waals surface area contributed by atoms with E-state index in [1.807, 2.05) is 34.8 Å². The zero-order valence-electron chi connectivity index (χ0n) is 12.7. The Morgan fingerprint density at radius 1 is 1.38 bits per heavy atom. The van der Waals surface area contributed by atoms with Gasteiger partial charge >= 0.3 is 0 Å². The number of hydrogen-bond acceptors (Lipinski definition) is 3. The highest BCUT2D eigenvalue weighted by atomic mass is 16.1. The van der Waals surface area contributed by atoms with E-state index in [2.05, 4.69) is 22.3 Å². The SMILES string of the molecule is CCC[C@H](NC(=O)CCCn1cccn1)c1nccn1C. The molecule has 0 aromatic carbocycles. The van der Waals surface area contributed by atoms with Crippen LogP contribution in [0.5, 0.6) is 0 Å². The first-order valence-electron chi connectivity index (χ1n) is 7.44. The lowest BCUT2D eigenvalue weighted by Gasteiger charge is -2.18. The molecule has 6 heteroatoms. The van der Waals surface area contributed by atoms with Gasteiger partial charge in [-0.05, 0) is 18.9 Å². The molecule has 0 radical (unpaired) electrons. The number of rotatable bonds is 8. The van der Waals surface area contributed by atoms with Crippen molar-refractivity contribution >= 4 is 5.91 Å². The maximum Gasteiger partial charge on any atom is 0.220 e. The van der Waals surface area contributed by atoms with E-state index in [1.165, 1.54) is 0 Å². The zero-order chi connectivity index (χ0) is 15.1. The Kier molecular flexibility index (Phi) is 5.54. The monoisotopic (exact) mass is 289 g/mol. The molecule has 2 aromatic rings. The topological polar surface area (TPSA) is 64.7 Å². The maximum absolute atomic E-state index is 12.1. The summed E-state index contributed by atoms with van der Waals surface area (Å²) >= 11 is 0. The zero-order valence-corrected chi connectivity index (χ0v) is 12.7. The quantitative estimate of drug-likeness (QED) is 0.809. The Hall–Kier alpha value is -2.11. The molecule has 0 aliphatic rings. The smallest absolute Gasteiger partial charge is 0.220 e. The number of aryl methyl sites for hydroxylation is 2. The van der Waals surface area contributed by atoms with E-state index < -0.39 is 0 Å². The molecule has 21 heavy (non-hydrogen) atoms. The first-order valence-corrected chi connectivity index (χ1v) is 7.44. The van der Waals surface area contributed by atoms with E-state index in [4.69, 9.17) is 0 Å². The highest BCUT2D eigenvalue weighted by Gasteiger charge is 2.17. The second-order valence-corrected chi connectivity index (χ2v) is 5.18. The second kappa shape index (κ2) is 7.61. The van der Waals surface area contributed by atoms with Crippen molar-refractivity contribution < 1.29 is 4.79 Å². The molecular formula is C15H23N5O. The lowest BCUT2D eigenvalue weighted by Crippen LogP contribution is -2.30. The number of carbonyl (C=O) groups excluding carboxylic acids is 1. The average molecular weight is 289 g/mol. The van der Waals surface area contributed by atoms with Gasteiger partial charge < -0.3 is 9.88 Å². The van der Waals surface area contributed by atoms with Gasteiger partial charge in [-0.1, -0.05) is 13.3 Å². The third kappa shape index (κ3) is 4.44. The summed E-state index contributed by atoms with van der Waals surface area (Å²) < 4.78 is 3.81. The van der Waals surface area contributed by atoms with E-state index in [1.54, 1.807) is 12.4 Å². The van der Waals surface area contributed by atoms with Crippen molar-refractivity contribution in [2.45, 2.75) is 45.2 Å². The molecule has 2 rings (SSSR count). The fourth-order valence-corrected chi connectivity index (χ4v) is 2.37. The van der Waals surface area contributed by atoms with Crippen LogP contribution in [0.3, 0.4) is 0 Å². The number of nitrogens with zero attached hydrogens (tertiary/aromatic N) is 4. The van der Waals surface area contributed by atoms with Crippen molar-refractivity contribution in [1.29, 1.82) is 0 Å². The van der Waals surface area contributed by atoms with Crippen LogP contribution >= 0.6 is 0 Å². The van der Waals surface area contributed by atoms with Crippen LogP contribution in [0.25, 0.3) is 0 Å². The van der Waals surface area contributed by atoms with Crippen LogP contribution in [0, 0.1) is 0 Å². The molecular weight excluding hydrogens is 266 g/mol. The van der Waals surface area contributed by atoms with Crippen LogP contribution < -0.4 is 5.32 Å². The van der Waals surface area contributed by atoms with Crippen LogP contribution in [-0.4, -0.2) is 25.2 Å². The maximum atomic E-state index is 12.1. The summed E-state index contributed by atoms with van der Waals surface area (Å²) in [5.41, 5.74) is 0. The van der Waals surface area contributed by atoms with Gasteiger partial charge in [0.05, 0.1) is 6.04 Å². The van der Waals surface area contributed by atoms with Crippen LogP contribution in [0.2, 0.25) is 0 Å². The van der Waals surface area contributed by atoms with Crippen molar-refractivity contribution in [2.75, 3.05) is 0 Å².